The Labute approximate surface area is 73.6 Å². The summed E-state index contributed by atoms with van der Waals surface area (Å²) in [5.74, 6) is 0. The van der Waals surface area contributed by atoms with Crippen LogP contribution in [0.4, 0.5) is 13.2 Å². The molecule has 0 aliphatic rings. The average molecular weight is 193 g/mol. The molecule has 0 amide bonds. The van der Waals surface area contributed by atoms with E-state index in [1.807, 2.05) is 5.32 Å². The van der Waals surface area contributed by atoms with Gasteiger partial charge in [-0.25, -0.2) is 0 Å². The van der Waals surface area contributed by atoms with E-state index in [1.54, 1.807) is 0 Å². The van der Waals surface area contributed by atoms with Crippen LogP contribution < -0.4 is 11.1 Å². The Kier molecular flexibility index (Phi) is 4.03. The molecule has 4 N–H and O–H groups in total. The van der Waals surface area contributed by atoms with Crippen LogP contribution in [0, 0.1) is 5.41 Å². The molecule has 0 aromatic carbocycles. The second-order valence-electron chi connectivity index (χ2n) is 2.12. The van der Waals surface area contributed by atoms with Crippen LogP contribution in [-0.2, 0) is 0 Å². The molecule has 0 heterocycles. The Morgan fingerprint density at radius 2 is 2.00 bits per heavy atom. The van der Waals surface area contributed by atoms with Crippen LogP contribution in [0.5, 0.6) is 0 Å². The van der Waals surface area contributed by atoms with E-state index >= 15 is 0 Å². The van der Waals surface area contributed by atoms with E-state index in [1.165, 1.54) is 0 Å². The summed E-state index contributed by atoms with van der Waals surface area (Å²) < 4.78 is 36.1. The van der Waals surface area contributed by atoms with Gasteiger partial charge in [0.25, 0.3) is 0 Å². The number of hydrogen-bond acceptors (Lipinski definition) is 3. The lowest BCUT2D eigenvalue weighted by Gasteiger charge is -2.10. The maximum atomic E-state index is 12.0. The smallest absolute Gasteiger partial charge is 0.405 e. The highest BCUT2D eigenvalue weighted by Crippen LogP contribution is 2.22. The van der Waals surface area contributed by atoms with E-state index in [-0.39, 0.29) is 5.71 Å². The number of halogens is 3. The van der Waals surface area contributed by atoms with Gasteiger partial charge >= 0.3 is 6.18 Å². The van der Waals surface area contributed by atoms with Crippen LogP contribution in [0.2, 0.25) is 0 Å². The van der Waals surface area contributed by atoms with Gasteiger partial charge in [-0.1, -0.05) is 0 Å². The van der Waals surface area contributed by atoms with E-state index in [0.717, 1.165) is 19.3 Å². The van der Waals surface area contributed by atoms with Gasteiger partial charge in [0.2, 0.25) is 0 Å². The predicted molar refractivity (Wildman–Crippen MR) is 44.3 cm³/mol. The quantitative estimate of drug-likeness (QED) is 0.588. The van der Waals surface area contributed by atoms with Crippen molar-refractivity contribution in [3.05, 3.63) is 24.0 Å². The van der Waals surface area contributed by atoms with Crippen LogP contribution in [0.25, 0.3) is 0 Å². The Bertz CT molecular complexity index is 240. The third-order valence-electron chi connectivity index (χ3n) is 1.15. The molecule has 0 spiro atoms. The number of nitrogens with two attached hydrogens (primary N) is 1. The number of hydrogen-bond donors (Lipinski definition) is 3. The van der Waals surface area contributed by atoms with Gasteiger partial charge < -0.3 is 16.5 Å². The minimum Gasteiger partial charge on any atom is -0.405 e. The van der Waals surface area contributed by atoms with Crippen LogP contribution in [0.1, 0.15) is 0 Å². The summed E-state index contributed by atoms with van der Waals surface area (Å²) >= 11 is 0. The molecule has 0 aromatic rings. The van der Waals surface area contributed by atoms with Crippen molar-refractivity contribution >= 4 is 5.71 Å². The molecular formula is C7H10F3N3. The maximum absolute atomic E-state index is 12.0. The van der Waals surface area contributed by atoms with Crippen LogP contribution in [0.3, 0.4) is 0 Å². The standard InChI is InChI=1S/C7H10F3N3/c1-13-6(7(8,9)10)4-5(12)2-3-11/h2-4,12-13H,11H2,1H3/b3-2+,6-4-,12-5?. The number of nitrogens with one attached hydrogen (secondary N) is 2. The molecule has 0 bridgehead atoms. The van der Waals surface area contributed by atoms with Crippen molar-refractivity contribution in [3.63, 3.8) is 0 Å². The minimum atomic E-state index is -4.47. The van der Waals surface area contributed by atoms with Crippen molar-refractivity contribution in [3.8, 4) is 0 Å². The normalized spacial score (nSPS) is 13.4. The van der Waals surface area contributed by atoms with Crippen molar-refractivity contribution in [2.45, 2.75) is 6.18 Å². The van der Waals surface area contributed by atoms with Crippen molar-refractivity contribution < 1.29 is 13.2 Å². The molecule has 0 atom stereocenters. The zero-order chi connectivity index (χ0) is 10.5. The van der Waals surface area contributed by atoms with Crippen LogP contribution >= 0.6 is 0 Å². The van der Waals surface area contributed by atoms with E-state index in [9.17, 15) is 13.2 Å². The highest BCUT2D eigenvalue weighted by molar-refractivity contribution is 6.01. The molecule has 0 unspecified atom stereocenters. The van der Waals surface area contributed by atoms with E-state index in [0.29, 0.717) is 6.08 Å². The van der Waals surface area contributed by atoms with Crippen molar-refractivity contribution in [1.82, 2.24) is 5.32 Å². The van der Waals surface area contributed by atoms with E-state index in [2.05, 4.69) is 0 Å². The summed E-state index contributed by atoms with van der Waals surface area (Å²) in [4.78, 5) is 0. The summed E-state index contributed by atoms with van der Waals surface area (Å²) in [5, 5.41) is 8.97. The predicted octanol–water partition coefficient (Wildman–Crippen LogP) is 1.14. The first-order valence-electron chi connectivity index (χ1n) is 3.35. The molecule has 13 heavy (non-hydrogen) atoms. The lowest BCUT2D eigenvalue weighted by Crippen LogP contribution is -2.23. The molecule has 0 saturated heterocycles. The van der Waals surface area contributed by atoms with Gasteiger partial charge in [-0.15, -0.1) is 0 Å². The van der Waals surface area contributed by atoms with Gasteiger partial charge in [0.15, 0.2) is 0 Å². The Morgan fingerprint density at radius 3 is 2.31 bits per heavy atom. The fraction of sp³-hybridized carbons (Fsp3) is 0.286. The topological polar surface area (TPSA) is 61.9 Å². The van der Waals surface area contributed by atoms with Gasteiger partial charge in [0.1, 0.15) is 5.70 Å². The fourth-order valence-corrected chi connectivity index (χ4v) is 0.603. The van der Waals surface area contributed by atoms with Gasteiger partial charge in [-0.05, 0) is 18.4 Å². The zero-order valence-corrected chi connectivity index (χ0v) is 6.94. The molecule has 0 aliphatic carbocycles. The van der Waals surface area contributed by atoms with Crippen molar-refractivity contribution in [2.75, 3.05) is 7.05 Å². The Hall–Kier alpha value is -1.46. The molecule has 74 valence electrons. The highest BCUT2D eigenvalue weighted by Gasteiger charge is 2.32. The second-order valence-corrected chi connectivity index (χ2v) is 2.12. The molecule has 0 radical (unpaired) electrons. The molecule has 0 fully saturated rings. The SMILES string of the molecule is CN/C(=C\C(=N)/C=C/N)C(F)(F)F. The molecule has 3 nitrogen and oxygen atoms in total. The van der Waals surface area contributed by atoms with Gasteiger partial charge in [0.05, 0.1) is 5.71 Å². The van der Waals surface area contributed by atoms with E-state index in [4.69, 9.17) is 11.1 Å². The Balaban J connectivity index is 4.67. The molecule has 0 rings (SSSR count). The van der Waals surface area contributed by atoms with Crippen molar-refractivity contribution in [1.29, 1.82) is 5.41 Å². The molecule has 0 aliphatic heterocycles. The lowest BCUT2D eigenvalue weighted by atomic mass is 10.3. The summed E-state index contributed by atoms with van der Waals surface area (Å²) in [6.45, 7) is 0. The second kappa shape index (κ2) is 4.54. The highest BCUT2D eigenvalue weighted by atomic mass is 19.4. The zero-order valence-electron chi connectivity index (χ0n) is 6.94. The third kappa shape index (κ3) is 4.19. The van der Waals surface area contributed by atoms with E-state index < -0.39 is 11.9 Å². The number of allylic oxidation sites excluding steroid dienone is 3. The molecular weight excluding hydrogens is 183 g/mol. The monoisotopic (exact) mass is 193 g/mol. The first-order valence-corrected chi connectivity index (χ1v) is 3.35. The van der Waals surface area contributed by atoms with Crippen LogP contribution in [0.15, 0.2) is 24.0 Å². The first kappa shape index (κ1) is 11.5. The summed E-state index contributed by atoms with van der Waals surface area (Å²) in [5.41, 5.74) is 3.61. The summed E-state index contributed by atoms with van der Waals surface area (Å²) in [7, 11) is 1.14. The average Bonchev–Trinajstić information content (AvgIpc) is 1.98. The molecule has 6 heteroatoms. The maximum Gasteiger partial charge on any atom is 0.430 e. The third-order valence-corrected chi connectivity index (χ3v) is 1.15. The van der Waals surface area contributed by atoms with Crippen LogP contribution in [-0.4, -0.2) is 18.9 Å². The summed E-state index contributed by atoms with van der Waals surface area (Å²) in [6, 6.07) is 0. The largest absolute Gasteiger partial charge is 0.430 e. The lowest BCUT2D eigenvalue weighted by molar-refractivity contribution is -0.0958. The van der Waals surface area contributed by atoms with Gasteiger partial charge in [-0.3, -0.25) is 0 Å². The minimum absolute atomic E-state index is 0.316. The number of rotatable bonds is 3. The first-order chi connectivity index (χ1) is 5.91. The Morgan fingerprint density at radius 1 is 1.46 bits per heavy atom. The molecule has 0 aromatic heterocycles. The van der Waals surface area contributed by atoms with Crippen molar-refractivity contribution in [2.24, 2.45) is 5.73 Å². The van der Waals surface area contributed by atoms with Gasteiger partial charge in [0, 0.05) is 7.05 Å². The molecule has 0 saturated carbocycles. The fourth-order valence-electron chi connectivity index (χ4n) is 0.603. The summed E-state index contributed by atoms with van der Waals surface area (Å²) in [6.07, 6.45) is -1.75. The van der Waals surface area contributed by atoms with Gasteiger partial charge in [-0.2, -0.15) is 13.2 Å². The number of alkyl halides is 3.